The van der Waals surface area contributed by atoms with E-state index in [4.69, 9.17) is 28.4 Å². The van der Waals surface area contributed by atoms with Crippen LogP contribution in [0.15, 0.2) is 36.5 Å². The molecule has 0 aliphatic carbocycles. The summed E-state index contributed by atoms with van der Waals surface area (Å²) in [5.74, 6) is -0.247. The summed E-state index contributed by atoms with van der Waals surface area (Å²) in [5.41, 5.74) is 0. The van der Waals surface area contributed by atoms with Crippen LogP contribution < -0.4 is 5.32 Å². The molecular weight excluding hydrogens is 1200 g/mol. The van der Waals surface area contributed by atoms with Crippen LogP contribution in [-0.4, -0.2) is 193 Å². The Labute approximate surface area is 568 Å². The van der Waals surface area contributed by atoms with Gasteiger partial charge >= 0.3 is 0 Å². The maximum absolute atomic E-state index is 13.5. The summed E-state index contributed by atoms with van der Waals surface area (Å²) in [6, 6.07) is -0.893. The minimum atomic E-state index is -1.97. The predicted molar refractivity (Wildman–Crippen MR) is 369 cm³/mol. The minimum absolute atomic E-state index is 0.247. The van der Waals surface area contributed by atoms with Crippen molar-refractivity contribution in [3.05, 3.63) is 36.5 Å². The molecule has 3 heterocycles. The first-order valence-corrected chi connectivity index (χ1v) is 38.2. The van der Waals surface area contributed by atoms with Crippen LogP contribution in [-0.2, 0) is 33.2 Å². The molecule has 0 bridgehead atoms. The van der Waals surface area contributed by atoms with Crippen LogP contribution in [0.2, 0.25) is 0 Å². The van der Waals surface area contributed by atoms with Crippen LogP contribution >= 0.6 is 0 Å². The second kappa shape index (κ2) is 56.7. The summed E-state index contributed by atoms with van der Waals surface area (Å²) in [5, 5.41) is 121. The lowest BCUT2D eigenvalue weighted by Gasteiger charge is -2.48. The molecule has 12 N–H and O–H groups in total. The second-order valence-corrected chi connectivity index (χ2v) is 27.5. The third-order valence-electron chi connectivity index (χ3n) is 19.2. The van der Waals surface area contributed by atoms with E-state index >= 15 is 0 Å². The first kappa shape index (κ1) is 86.2. The Bertz CT molecular complexity index is 1840. The van der Waals surface area contributed by atoms with Gasteiger partial charge in [-0.3, -0.25) is 4.79 Å². The Morgan fingerprint density at radius 3 is 1.10 bits per heavy atom. The van der Waals surface area contributed by atoms with E-state index in [1.165, 1.54) is 199 Å². The minimum Gasteiger partial charge on any atom is -0.394 e. The number of carbonyl (C=O) groups is 1. The molecule has 3 saturated heterocycles. The van der Waals surface area contributed by atoms with Crippen LogP contribution in [0.25, 0.3) is 0 Å². The molecular formula is C75H139NO18. The molecule has 3 fully saturated rings. The highest BCUT2D eigenvalue weighted by Crippen LogP contribution is 2.33. The molecule has 3 rings (SSSR count). The Morgan fingerprint density at radius 2 is 0.702 bits per heavy atom. The number of amides is 1. The van der Waals surface area contributed by atoms with Gasteiger partial charge in [0.05, 0.1) is 38.6 Å². The third kappa shape index (κ3) is 37.4. The Hall–Kier alpha value is -1.99. The average molecular weight is 1340 g/mol. The van der Waals surface area contributed by atoms with Gasteiger partial charge in [-0.1, -0.05) is 281 Å². The molecule has 17 unspecified atom stereocenters. The van der Waals surface area contributed by atoms with Crippen LogP contribution in [0.1, 0.15) is 303 Å². The Balaban J connectivity index is 1.40. The first-order valence-electron chi connectivity index (χ1n) is 38.2. The second-order valence-electron chi connectivity index (χ2n) is 27.5. The van der Waals surface area contributed by atoms with Gasteiger partial charge in [-0.25, -0.2) is 0 Å². The maximum atomic E-state index is 13.5. The third-order valence-corrected chi connectivity index (χ3v) is 19.2. The van der Waals surface area contributed by atoms with Gasteiger partial charge in [0, 0.05) is 6.42 Å². The zero-order valence-corrected chi connectivity index (χ0v) is 58.7. The number of carbonyl (C=O) groups excluding carboxylic acids is 1. The number of aliphatic hydroxyl groups is 11. The topological polar surface area (TPSA) is 307 Å². The van der Waals surface area contributed by atoms with Crippen molar-refractivity contribution in [1.82, 2.24) is 5.32 Å². The van der Waals surface area contributed by atoms with E-state index in [1.807, 2.05) is 0 Å². The van der Waals surface area contributed by atoms with Gasteiger partial charge in [0.15, 0.2) is 18.9 Å². The zero-order valence-electron chi connectivity index (χ0n) is 58.7. The molecule has 0 radical (unpaired) electrons. The molecule has 0 aromatic carbocycles. The van der Waals surface area contributed by atoms with E-state index in [-0.39, 0.29) is 18.9 Å². The van der Waals surface area contributed by atoms with Crippen molar-refractivity contribution >= 4 is 5.91 Å². The van der Waals surface area contributed by atoms with Gasteiger partial charge < -0.3 is 89.9 Å². The highest BCUT2D eigenvalue weighted by atomic mass is 16.8. The maximum Gasteiger partial charge on any atom is 0.220 e. The average Bonchev–Trinajstić information content (AvgIpc) is 0.787. The first-order chi connectivity index (χ1) is 45.8. The highest BCUT2D eigenvalue weighted by molar-refractivity contribution is 5.76. The molecule has 3 aliphatic rings. The number of ether oxygens (including phenoxy) is 6. The number of nitrogens with one attached hydrogen (secondary N) is 1. The fraction of sp³-hybridized carbons (Fsp3) is 0.907. The summed E-state index contributed by atoms with van der Waals surface area (Å²) in [7, 11) is 0. The van der Waals surface area contributed by atoms with E-state index in [2.05, 4.69) is 55.6 Å². The number of allylic oxidation sites excluding steroid dienone is 6. The summed E-state index contributed by atoms with van der Waals surface area (Å²) in [4.78, 5) is 13.5. The smallest absolute Gasteiger partial charge is 0.220 e. The SMILES string of the molecule is CCCCCCC/C=C\C/C=C\C/C=C\CCCCCCCCCCC(=O)NC(COC1OC(CO)C(OC2OC(CO)C(OC3OC(CO)C(O)C(O)C3O)C(O)C2O)C(O)C1O)C(O)CCCCCCCCCCCCCCCCCCCCCCCCCCCC. The zero-order chi connectivity index (χ0) is 68.2. The lowest BCUT2D eigenvalue weighted by Crippen LogP contribution is -2.66. The van der Waals surface area contributed by atoms with Crippen molar-refractivity contribution in [2.45, 2.75) is 407 Å². The van der Waals surface area contributed by atoms with Crippen molar-refractivity contribution in [1.29, 1.82) is 0 Å². The number of unbranched alkanes of at least 4 members (excludes halogenated alkanes) is 38. The predicted octanol–water partition coefficient (Wildman–Crippen LogP) is 11.6. The fourth-order valence-corrected chi connectivity index (χ4v) is 13.0. The van der Waals surface area contributed by atoms with Gasteiger partial charge in [0.25, 0.3) is 0 Å². The molecule has 0 aromatic rings. The number of hydrogen-bond donors (Lipinski definition) is 12. The van der Waals surface area contributed by atoms with Crippen LogP contribution in [0.5, 0.6) is 0 Å². The van der Waals surface area contributed by atoms with Gasteiger partial charge in [-0.2, -0.15) is 0 Å². The molecule has 0 spiro atoms. The Kier molecular flexibility index (Phi) is 52.0. The summed E-state index contributed by atoms with van der Waals surface area (Å²) >= 11 is 0. The van der Waals surface area contributed by atoms with Gasteiger partial charge in [0.2, 0.25) is 5.91 Å². The molecule has 19 nitrogen and oxygen atoms in total. The van der Waals surface area contributed by atoms with Crippen LogP contribution in [0.4, 0.5) is 0 Å². The van der Waals surface area contributed by atoms with Gasteiger partial charge in [-0.15, -0.1) is 0 Å². The van der Waals surface area contributed by atoms with E-state index in [0.717, 1.165) is 70.6 Å². The highest BCUT2D eigenvalue weighted by Gasteiger charge is 2.53. The molecule has 1 amide bonds. The van der Waals surface area contributed by atoms with Crippen molar-refractivity contribution < 1.29 is 89.4 Å². The monoisotopic (exact) mass is 1340 g/mol. The molecule has 0 saturated carbocycles. The number of hydrogen-bond acceptors (Lipinski definition) is 18. The quantitative estimate of drug-likeness (QED) is 0.0199. The largest absolute Gasteiger partial charge is 0.394 e. The van der Waals surface area contributed by atoms with Crippen LogP contribution in [0.3, 0.4) is 0 Å². The van der Waals surface area contributed by atoms with E-state index in [0.29, 0.717) is 12.8 Å². The van der Waals surface area contributed by atoms with Gasteiger partial charge in [0.1, 0.15) is 73.2 Å². The summed E-state index contributed by atoms with van der Waals surface area (Å²) in [6.07, 6.45) is 40.7. The van der Waals surface area contributed by atoms with Crippen molar-refractivity contribution in [3.63, 3.8) is 0 Å². The fourth-order valence-electron chi connectivity index (χ4n) is 13.0. The summed E-state index contributed by atoms with van der Waals surface area (Å²) in [6.45, 7) is 1.82. The Morgan fingerprint density at radius 1 is 0.383 bits per heavy atom. The normalized spacial score (nSPS) is 27.5. The lowest BCUT2D eigenvalue weighted by atomic mass is 9.96. The van der Waals surface area contributed by atoms with Crippen molar-refractivity contribution in [3.8, 4) is 0 Å². The molecule has 17 atom stereocenters. The van der Waals surface area contributed by atoms with E-state index < -0.39 is 124 Å². The van der Waals surface area contributed by atoms with Crippen molar-refractivity contribution in [2.24, 2.45) is 0 Å². The van der Waals surface area contributed by atoms with E-state index in [1.54, 1.807) is 0 Å². The molecule has 0 aromatic heterocycles. The standard InChI is InChI=1S/C75H139NO18/c1-3-5-7-9-11-13-15-17-19-21-23-25-27-28-29-31-32-34-36-38-40-42-44-46-48-50-52-59(80)58(76-63(81)53-51-49-47-45-43-41-39-37-35-33-30-26-24-22-20-18-16-14-12-10-8-6-4-2)57-89-73-69(87)66(84)71(61(55-78)91-73)94-75-70(88)67(85)72(62(56-79)92-75)93-74-68(86)65(83)64(82)60(54-77)90-74/h16,18,22,24,30,33,58-62,64-75,77-80,82-88H,3-15,17,19-21,23,25-29,31-32,34-57H2,1-2H3,(H,76,81)/b18-16-,24-22-,33-30-. The molecule has 19 heteroatoms. The summed E-state index contributed by atoms with van der Waals surface area (Å²) < 4.78 is 34.5. The molecule has 3 aliphatic heterocycles. The van der Waals surface area contributed by atoms with E-state index in [9.17, 15) is 61.0 Å². The lowest BCUT2D eigenvalue weighted by molar-refractivity contribution is -0.379. The number of aliphatic hydroxyl groups excluding tert-OH is 11. The molecule has 94 heavy (non-hydrogen) atoms. The van der Waals surface area contributed by atoms with Crippen LogP contribution in [0, 0.1) is 0 Å². The molecule has 552 valence electrons. The van der Waals surface area contributed by atoms with Gasteiger partial charge in [-0.05, 0) is 51.4 Å². The van der Waals surface area contributed by atoms with Crippen molar-refractivity contribution in [2.75, 3.05) is 26.4 Å². The number of rotatable bonds is 60.